The number of hydrogen-bond donors (Lipinski definition) is 1. The molecule has 1 N–H and O–H groups in total. The Morgan fingerprint density at radius 3 is 2.78 bits per heavy atom. The summed E-state index contributed by atoms with van der Waals surface area (Å²) in [6.07, 6.45) is 10.7. The van der Waals surface area contributed by atoms with Crippen molar-refractivity contribution in [2.24, 2.45) is 0 Å². The molecule has 1 atom stereocenters. The molecule has 0 saturated carbocycles. The fraction of sp³-hybridized carbons (Fsp3) is 0.448. The van der Waals surface area contributed by atoms with Gasteiger partial charge in [-0.15, -0.1) is 0 Å². The average Bonchev–Trinajstić information content (AvgIpc) is 3.63. The van der Waals surface area contributed by atoms with Gasteiger partial charge in [0.2, 0.25) is 0 Å². The smallest absolute Gasteiger partial charge is 0.195 e. The van der Waals surface area contributed by atoms with Crippen LogP contribution < -0.4 is 5.32 Å². The molecule has 2 saturated heterocycles. The third kappa shape index (κ3) is 4.84. The Labute approximate surface area is 215 Å². The molecule has 2 fully saturated rings. The minimum absolute atomic E-state index is 0.209. The summed E-state index contributed by atoms with van der Waals surface area (Å²) in [6, 6.07) is 11.7. The summed E-state index contributed by atoms with van der Waals surface area (Å²) in [7, 11) is 0. The Kier molecular flexibility index (Phi) is 6.87. The molecule has 0 aliphatic carbocycles. The van der Waals surface area contributed by atoms with Crippen LogP contribution in [0.4, 0.5) is 4.39 Å². The molecule has 188 valence electrons. The minimum atomic E-state index is -0.232. The van der Waals surface area contributed by atoms with Crippen LogP contribution in [0.25, 0.3) is 26.4 Å². The van der Waals surface area contributed by atoms with E-state index in [1.54, 1.807) is 17.4 Å². The zero-order valence-electron chi connectivity index (χ0n) is 20.6. The van der Waals surface area contributed by atoms with Crippen molar-refractivity contribution >= 4 is 32.3 Å². The molecular formula is C29H33FN4OS. The van der Waals surface area contributed by atoms with Crippen LogP contribution in [0.3, 0.4) is 0 Å². The standard InChI is InChI=1S/C29H33FN4OS/c30-23-17-20(24-7-6-13-31-24)9-11-22(23)25-19-34-26-12-10-21(18-28(26)36-29(34)32-25)27(35)8-2-5-16-33-14-3-1-4-15-33/h9-12,17-19,24,31H,1-8,13-16H2. The third-order valence-electron chi connectivity index (χ3n) is 7.72. The number of hydrogen-bond acceptors (Lipinski definition) is 5. The largest absolute Gasteiger partial charge is 0.310 e. The Balaban J connectivity index is 1.14. The van der Waals surface area contributed by atoms with Gasteiger partial charge >= 0.3 is 0 Å². The van der Waals surface area contributed by atoms with Crippen molar-refractivity contribution in [3.8, 4) is 11.3 Å². The van der Waals surface area contributed by atoms with Gasteiger partial charge in [0.15, 0.2) is 10.7 Å². The highest BCUT2D eigenvalue weighted by molar-refractivity contribution is 7.23. The quantitative estimate of drug-likeness (QED) is 0.216. The van der Waals surface area contributed by atoms with Crippen molar-refractivity contribution in [2.75, 3.05) is 26.2 Å². The van der Waals surface area contributed by atoms with E-state index < -0.39 is 0 Å². The predicted octanol–water partition coefficient (Wildman–Crippen LogP) is 6.62. The first-order chi connectivity index (χ1) is 17.7. The van der Waals surface area contributed by atoms with Crippen LogP contribution in [0.2, 0.25) is 0 Å². The molecule has 0 amide bonds. The van der Waals surface area contributed by atoms with Gasteiger partial charge in [-0.1, -0.05) is 23.8 Å². The lowest BCUT2D eigenvalue weighted by molar-refractivity contribution is 0.0977. The van der Waals surface area contributed by atoms with Crippen LogP contribution >= 0.6 is 11.3 Å². The lowest BCUT2D eigenvalue weighted by Crippen LogP contribution is -2.30. The van der Waals surface area contributed by atoms with E-state index in [0.29, 0.717) is 17.7 Å². The summed E-state index contributed by atoms with van der Waals surface area (Å²) in [6.45, 7) is 4.52. The van der Waals surface area contributed by atoms with Crippen molar-refractivity contribution < 1.29 is 9.18 Å². The lowest BCUT2D eigenvalue weighted by Gasteiger charge is -2.26. The number of likely N-dealkylation sites (tertiary alicyclic amines) is 1. The monoisotopic (exact) mass is 504 g/mol. The molecule has 2 aliphatic rings. The number of piperidine rings is 1. The van der Waals surface area contributed by atoms with Crippen LogP contribution in [0.15, 0.2) is 42.6 Å². The van der Waals surface area contributed by atoms with Crippen LogP contribution in [0.5, 0.6) is 0 Å². The van der Waals surface area contributed by atoms with E-state index >= 15 is 0 Å². The van der Waals surface area contributed by atoms with Gasteiger partial charge < -0.3 is 10.2 Å². The first kappa shape index (κ1) is 23.8. The summed E-state index contributed by atoms with van der Waals surface area (Å²) < 4.78 is 18.0. The average molecular weight is 505 g/mol. The number of carbonyl (C=O) groups excluding carboxylic acids is 1. The number of fused-ring (bicyclic) bond motifs is 3. The van der Waals surface area contributed by atoms with Gasteiger partial charge in [-0.3, -0.25) is 9.20 Å². The van der Waals surface area contributed by atoms with E-state index in [1.165, 1.54) is 32.4 Å². The fourth-order valence-corrected chi connectivity index (χ4v) is 6.72. The van der Waals surface area contributed by atoms with Crippen molar-refractivity contribution in [1.29, 1.82) is 0 Å². The number of unbranched alkanes of at least 4 members (excludes halogenated alkanes) is 1. The molecule has 0 bridgehead atoms. The maximum Gasteiger partial charge on any atom is 0.195 e. The molecule has 2 aliphatic heterocycles. The molecule has 1 unspecified atom stereocenters. The van der Waals surface area contributed by atoms with Gasteiger partial charge in [0.1, 0.15) is 5.82 Å². The Morgan fingerprint density at radius 2 is 1.97 bits per heavy atom. The molecule has 0 spiro atoms. The number of ketones is 1. The summed E-state index contributed by atoms with van der Waals surface area (Å²) in [4.78, 5) is 20.9. The van der Waals surface area contributed by atoms with Crippen molar-refractivity contribution in [3.05, 3.63) is 59.5 Å². The number of nitrogens with one attached hydrogen (secondary N) is 1. The highest BCUT2D eigenvalue weighted by atomic mass is 32.1. The Hall–Kier alpha value is -2.61. The maximum atomic E-state index is 15.0. The van der Waals surface area contributed by atoms with Gasteiger partial charge in [-0.25, -0.2) is 9.37 Å². The minimum Gasteiger partial charge on any atom is -0.310 e. The maximum absolute atomic E-state index is 15.0. The van der Waals surface area contributed by atoms with E-state index in [1.807, 2.05) is 40.9 Å². The summed E-state index contributed by atoms with van der Waals surface area (Å²) in [5, 5.41) is 3.43. The van der Waals surface area contributed by atoms with Crippen LogP contribution in [0, 0.1) is 5.82 Å². The number of Topliss-reactive ketones (excluding diaryl/α,β-unsaturated/α-hetero) is 1. The number of carbonyl (C=O) groups is 1. The van der Waals surface area contributed by atoms with Gasteiger partial charge in [0, 0.05) is 29.8 Å². The van der Waals surface area contributed by atoms with Crippen molar-refractivity contribution in [2.45, 2.75) is 57.4 Å². The first-order valence-electron chi connectivity index (χ1n) is 13.4. The number of aromatic nitrogens is 2. The van der Waals surface area contributed by atoms with E-state index in [9.17, 15) is 9.18 Å². The number of benzene rings is 2. The number of imidazole rings is 1. The molecular weight excluding hydrogens is 471 g/mol. The highest BCUT2D eigenvalue weighted by Gasteiger charge is 2.19. The molecule has 5 nitrogen and oxygen atoms in total. The van der Waals surface area contributed by atoms with Crippen molar-refractivity contribution in [1.82, 2.24) is 19.6 Å². The van der Waals surface area contributed by atoms with Crippen molar-refractivity contribution in [3.63, 3.8) is 0 Å². The summed E-state index contributed by atoms with van der Waals surface area (Å²) >= 11 is 1.55. The van der Waals surface area contributed by atoms with E-state index in [2.05, 4.69) is 10.2 Å². The Bertz CT molecular complexity index is 1380. The Morgan fingerprint density at radius 1 is 1.08 bits per heavy atom. The fourth-order valence-electron chi connectivity index (χ4n) is 5.68. The zero-order valence-corrected chi connectivity index (χ0v) is 21.5. The number of thiazole rings is 1. The van der Waals surface area contributed by atoms with E-state index in [0.717, 1.165) is 65.1 Å². The second-order valence-electron chi connectivity index (χ2n) is 10.2. The van der Waals surface area contributed by atoms with E-state index in [-0.39, 0.29) is 17.6 Å². The molecule has 6 rings (SSSR count). The van der Waals surface area contributed by atoms with Gasteiger partial charge in [0.05, 0.1) is 15.9 Å². The molecule has 7 heteroatoms. The van der Waals surface area contributed by atoms with Crippen LogP contribution in [-0.2, 0) is 0 Å². The summed E-state index contributed by atoms with van der Waals surface area (Å²) in [5.74, 6) is -0.0226. The first-order valence-corrected chi connectivity index (χ1v) is 14.2. The third-order valence-corrected chi connectivity index (χ3v) is 8.74. The molecule has 36 heavy (non-hydrogen) atoms. The second kappa shape index (κ2) is 10.4. The predicted molar refractivity (Wildman–Crippen MR) is 144 cm³/mol. The van der Waals surface area contributed by atoms with Gasteiger partial charge in [0.25, 0.3) is 0 Å². The van der Waals surface area contributed by atoms with Gasteiger partial charge in [-0.2, -0.15) is 0 Å². The van der Waals surface area contributed by atoms with Crippen LogP contribution in [0.1, 0.15) is 73.3 Å². The molecule has 4 aromatic rings. The topological polar surface area (TPSA) is 49.6 Å². The number of rotatable bonds is 8. The molecule has 0 radical (unpaired) electrons. The van der Waals surface area contributed by atoms with Gasteiger partial charge in [-0.05, 0) is 101 Å². The number of halogens is 1. The van der Waals surface area contributed by atoms with Crippen LogP contribution in [-0.4, -0.2) is 46.2 Å². The normalized spacial score (nSPS) is 19.0. The second-order valence-corrected chi connectivity index (χ2v) is 11.2. The zero-order chi connectivity index (χ0) is 24.5. The lowest BCUT2D eigenvalue weighted by atomic mass is 10.0. The summed E-state index contributed by atoms with van der Waals surface area (Å²) in [5.41, 5.74) is 3.94. The number of nitrogens with zero attached hydrogens (tertiary/aromatic N) is 3. The SMILES string of the molecule is O=C(CCCCN1CCCCC1)c1ccc2c(c1)sc1nc(-c3ccc(C4CCCN4)cc3F)cn12. The molecule has 2 aromatic carbocycles. The highest BCUT2D eigenvalue weighted by Crippen LogP contribution is 2.33. The molecule has 2 aromatic heterocycles. The van der Waals surface area contributed by atoms with E-state index in [4.69, 9.17) is 4.98 Å². The molecule has 4 heterocycles.